The Balaban J connectivity index is 1.78. The smallest absolute Gasteiger partial charge is 0.270 e. The van der Waals surface area contributed by atoms with Crippen LogP contribution in [-0.2, 0) is 11.3 Å². The maximum absolute atomic E-state index is 13.1. The van der Waals surface area contributed by atoms with Gasteiger partial charge < -0.3 is 15.0 Å². The highest BCUT2D eigenvalue weighted by Gasteiger charge is 2.20. The number of carbonyl (C=O) groups excluding carboxylic acids is 1. The van der Waals surface area contributed by atoms with Gasteiger partial charge in [-0.05, 0) is 18.2 Å². The van der Waals surface area contributed by atoms with E-state index in [-0.39, 0.29) is 17.2 Å². The molecule has 3 aromatic rings. The van der Waals surface area contributed by atoms with E-state index in [1.54, 1.807) is 31.1 Å². The number of nitrogens with one attached hydrogen (secondary N) is 1. The number of anilines is 1. The number of non-ortho nitro benzene ring substituents is 1. The van der Waals surface area contributed by atoms with Gasteiger partial charge in [0.05, 0.1) is 29.0 Å². The molecule has 0 saturated heterocycles. The number of benzene rings is 2. The second-order valence-electron chi connectivity index (χ2n) is 6.70. The molecule has 2 aromatic carbocycles. The molecule has 0 aliphatic carbocycles. The van der Waals surface area contributed by atoms with Gasteiger partial charge >= 0.3 is 0 Å². The van der Waals surface area contributed by atoms with Crippen molar-refractivity contribution in [2.45, 2.75) is 6.54 Å². The fourth-order valence-electron chi connectivity index (χ4n) is 2.98. The fraction of sp³-hybridized carbons (Fsp3) is 0.238. The van der Waals surface area contributed by atoms with Crippen LogP contribution in [0.1, 0.15) is 15.9 Å². The minimum absolute atomic E-state index is 0.138. The summed E-state index contributed by atoms with van der Waals surface area (Å²) in [6.45, 7) is 1.23. The topological polar surface area (TPSA) is 103 Å². The van der Waals surface area contributed by atoms with Crippen LogP contribution < -0.4 is 5.32 Å². The molecule has 3 rings (SSSR count). The van der Waals surface area contributed by atoms with Crippen LogP contribution in [0.4, 0.5) is 11.4 Å². The monoisotopic (exact) mass is 409 g/mol. The summed E-state index contributed by atoms with van der Waals surface area (Å²) in [6.07, 6.45) is 3.55. The Labute approximate surface area is 174 Å². The second-order valence-corrected chi connectivity index (χ2v) is 6.70. The molecule has 1 amide bonds. The van der Waals surface area contributed by atoms with Crippen molar-refractivity contribution in [2.75, 3.05) is 32.6 Å². The number of aromatic nitrogens is 2. The normalized spacial score (nSPS) is 10.6. The maximum Gasteiger partial charge on any atom is 0.270 e. The van der Waals surface area contributed by atoms with Crippen LogP contribution in [0, 0.1) is 10.1 Å². The number of nitro groups is 1. The summed E-state index contributed by atoms with van der Waals surface area (Å²) < 4.78 is 6.75. The molecular formula is C21H23N5O4. The Morgan fingerprint density at radius 3 is 2.73 bits per heavy atom. The van der Waals surface area contributed by atoms with Crippen LogP contribution in [-0.4, -0.2) is 52.8 Å². The molecule has 0 atom stereocenters. The van der Waals surface area contributed by atoms with E-state index in [0.717, 1.165) is 11.3 Å². The lowest BCUT2D eigenvalue weighted by Crippen LogP contribution is -2.27. The lowest BCUT2D eigenvalue weighted by atomic mass is 10.1. The third kappa shape index (κ3) is 5.00. The van der Waals surface area contributed by atoms with E-state index in [4.69, 9.17) is 4.74 Å². The molecule has 0 radical (unpaired) electrons. The molecule has 1 N–H and O–H groups in total. The summed E-state index contributed by atoms with van der Waals surface area (Å²) >= 11 is 0. The van der Waals surface area contributed by atoms with Crippen molar-refractivity contribution in [3.05, 3.63) is 82.2 Å². The van der Waals surface area contributed by atoms with E-state index in [2.05, 4.69) is 10.4 Å². The molecule has 0 bridgehead atoms. The van der Waals surface area contributed by atoms with Crippen LogP contribution in [0.2, 0.25) is 0 Å². The van der Waals surface area contributed by atoms with Gasteiger partial charge in [0, 0.05) is 56.8 Å². The molecule has 9 heteroatoms. The van der Waals surface area contributed by atoms with E-state index in [9.17, 15) is 14.9 Å². The minimum Gasteiger partial charge on any atom is -0.383 e. The molecule has 0 saturated carbocycles. The summed E-state index contributed by atoms with van der Waals surface area (Å²) in [5.41, 5.74) is 2.38. The number of hydrogen-bond acceptors (Lipinski definition) is 6. The molecule has 0 unspecified atom stereocenters. The Morgan fingerprint density at radius 2 is 2.03 bits per heavy atom. The largest absolute Gasteiger partial charge is 0.383 e. The first-order chi connectivity index (χ1) is 14.5. The first kappa shape index (κ1) is 21.0. The van der Waals surface area contributed by atoms with Gasteiger partial charge in [-0.1, -0.05) is 18.2 Å². The zero-order valence-corrected chi connectivity index (χ0v) is 16.8. The van der Waals surface area contributed by atoms with E-state index < -0.39 is 4.92 Å². The van der Waals surface area contributed by atoms with E-state index >= 15 is 0 Å². The predicted molar refractivity (Wildman–Crippen MR) is 113 cm³/mol. The van der Waals surface area contributed by atoms with Gasteiger partial charge in [-0.15, -0.1) is 0 Å². The van der Waals surface area contributed by atoms with Crippen LogP contribution in [0.15, 0.2) is 60.9 Å². The van der Waals surface area contributed by atoms with Crippen molar-refractivity contribution in [1.29, 1.82) is 0 Å². The van der Waals surface area contributed by atoms with Gasteiger partial charge in [0.2, 0.25) is 0 Å². The first-order valence-corrected chi connectivity index (χ1v) is 9.35. The zero-order valence-electron chi connectivity index (χ0n) is 16.8. The van der Waals surface area contributed by atoms with Crippen LogP contribution in [0.3, 0.4) is 0 Å². The third-order valence-electron chi connectivity index (χ3n) is 4.49. The Bertz CT molecular complexity index is 1020. The number of rotatable bonds is 9. The number of carbonyl (C=O) groups is 1. The summed E-state index contributed by atoms with van der Waals surface area (Å²) in [5.74, 6) is -0.328. The molecule has 0 aliphatic rings. The number of nitro benzene ring substituents is 1. The van der Waals surface area contributed by atoms with Gasteiger partial charge in [-0.3, -0.25) is 14.9 Å². The number of amides is 1. The number of ether oxygens (including phenoxy) is 1. The van der Waals surface area contributed by atoms with Gasteiger partial charge in [-0.25, -0.2) is 4.68 Å². The van der Waals surface area contributed by atoms with E-state index in [0.29, 0.717) is 25.4 Å². The van der Waals surface area contributed by atoms with Gasteiger partial charge in [0.1, 0.15) is 0 Å². The van der Waals surface area contributed by atoms with Gasteiger partial charge in [-0.2, -0.15) is 5.10 Å². The Kier molecular flexibility index (Phi) is 6.76. The summed E-state index contributed by atoms with van der Waals surface area (Å²) in [6, 6.07) is 13.9. The van der Waals surface area contributed by atoms with Gasteiger partial charge in [0.25, 0.3) is 11.6 Å². The number of hydrogen-bond donors (Lipinski definition) is 1. The van der Waals surface area contributed by atoms with E-state index in [1.165, 1.54) is 17.0 Å². The molecular weight excluding hydrogens is 386 g/mol. The third-order valence-corrected chi connectivity index (χ3v) is 4.49. The molecule has 156 valence electrons. The predicted octanol–water partition coefficient (Wildman–Crippen LogP) is 3.11. The average molecular weight is 409 g/mol. The number of nitrogens with zero attached hydrogens (tertiary/aromatic N) is 4. The molecule has 1 heterocycles. The molecule has 30 heavy (non-hydrogen) atoms. The first-order valence-electron chi connectivity index (χ1n) is 9.35. The van der Waals surface area contributed by atoms with Crippen molar-refractivity contribution in [3.63, 3.8) is 0 Å². The summed E-state index contributed by atoms with van der Waals surface area (Å²) in [5, 5.41) is 18.6. The molecule has 0 spiro atoms. The van der Waals surface area contributed by atoms with Crippen molar-refractivity contribution in [3.8, 4) is 5.69 Å². The summed E-state index contributed by atoms with van der Waals surface area (Å²) in [4.78, 5) is 25.2. The van der Waals surface area contributed by atoms with Gasteiger partial charge in [0.15, 0.2) is 0 Å². The zero-order chi connectivity index (χ0) is 21.5. The molecule has 0 aliphatic heterocycles. The quantitative estimate of drug-likeness (QED) is 0.331. The second kappa shape index (κ2) is 9.66. The fourth-order valence-corrected chi connectivity index (χ4v) is 2.98. The highest BCUT2D eigenvalue weighted by Crippen LogP contribution is 2.24. The lowest BCUT2D eigenvalue weighted by Gasteiger charge is -2.19. The van der Waals surface area contributed by atoms with Crippen molar-refractivity contribution in [1.82, 2.24) is 14.7 Å². The van der Waals surface area contributed by atoms with Crippen LogP contribution >= 0.6 is 0 Å². The lowest BCUT2D eigenvalue weighted by molar-refractivity contribution is -0.384. The van der Waals surface area contributed by atoms with Crippen molar-refractivity contribution in [2.24, 2.45) is 0 Å². The SMILES string of the molecule is COCCNc1ccc([N+](=O)[O-])cc1C(=O)N(C)Cc1cnn(-c2ccccc2)c1. The Hall–Kier alpha value is -3.72. The van der Waals surface area contributed by atoms with Crippen molar-refractivity contribution >= 4 is 17.3 Å². The molecule has 1 aromatic heterocycles. The van der Waals surface area contributed by atoms with Crippen LogP contribution in [0.5, 0.6) is 0 Å². The standard InChI is InChI=1S/C21H23N5O4/c1-24(14-16-13-23-25(15-16)17-6-4-3-5-7-17)21(27)19-12-18(26(28)29)8-9-20(19)22-10-11-30-2/h3-9,12-13,15,22H,10-11,14H2,1-2H3. The molecule has 0 fully saturated rings. The minimum atomic E-state index is -0.514. The maximum atomic E-state index is 13.1. The highest BCUT2D eigenvalue weighted by molar-refractivity contribution is 6.00. The Morgan fingerprint density at radius 1 is 1.27 bits per heavy atom. The summed E-state index contributed by atoms with van der Waals surface area (Å²) in [7, 11) is 3.23. The van der Waals surface area contributed by atoms with E-state index in [1.807, 2.05) is 36.5 Å². The molecule has 9 nitrogen and oxygen atoms in total. The highest BCUT2D eigenvalue weighted by atomic mass is 16.6. The van der Waals surface area contributed by atoms with Crippen LogP contribution in [0.25, 0.3) is 5.69 Å². The number of para-hydroxylation sites is 1. The van der Waals surface area contributed by atoms with Crippen molar-refractivity contribution < 1.29 is 14.5 Å². The average Bonchev–Trinajstić information content (AvgIpc) is 3.22. The number of methoxy groups -OCH3 is 1.